The minimum absolute atomic E-state index is 0.253. The van der Waals surface area contributed by atoms with Gasteiger partial charge in [0.15, 0.2) is 5.16 Å². The highest BCUT2D eigenvalue weighted by Crippen LogP contribution is 2.57. The zero-order chi connectivity index (χ0) is 15.5. The van der Waals surface area contributed by atoms with Crippen molar-refractivity contribution in [2.24, 2.45) is 0 Å². The number of anilines is 1. The van der Waals surface area contributed by atoms with E-state index in [2.05, 4.69) is 23.0 Å². The Hall–Kier alpha value is -0.883. The number of hydrogen-bond donors (Lipinski definition) is 0. The van der Waals surface area contributed by atoms with Gasteiger partial charge >= 0.3 is 0 Å². The SMILES string of the molecule is CSc1ncc2c(n1)N(C1CC[Si](C)(C)CC1)C(=O)C21CC1. The van der Waals surface area contributed by atoms with Crippen molar-refractivity contribution in [3.63, 3.8) is 0 Å². The fraction of sp³-hybridized carbons (Fsp3) is 0.688. The summed E-state index contributed by atoms with van der Waals surface area (Å²) in [7, 11) is -1.01. The number of carbonyl (C=O) groups is 1. The summed E-state index contributed by atoms with van der Waals surface area (Å²) in [5.74, 6) is 1.23. The molecule has 3 heterocycles. The van der Waals surface area contributed by atoms with Crippen LogP contribution in [0.1, 0.15) is 31.2 Å². The summed E-state index contributed by atoms with van der Waals surface area (Å²) in [5, 5.41) is 0.778. The number of nitrogens with zero attached hydrogens (tertiary/aromatic N) is 3. The van der Waals surface area contributed by atoms with Gasteiger partial charge in [-0.1, -0.05) is 36.9 Å². The maximum Gasteiger partial charge on any atom is 0.239 e. The van der Waals surface area contributed by atoms with Crippen molar-refractivity contribution in [2.45, 2.75) is 67.5 Å². The van der Waals surface area contributed by atoms with Gasteiger partial charge in [-0.15, -0.1) is 0 Å². The molecule has 3 aliphatic rings. The largest absolute Gasteiger partial charge is 0.293 e. The molecule has 0 atom stereocenters. The molecular formula is C16H23N3OSSi. The number of carbonyl (C=O) groups excluding carboxylic acids is 1. The summed E-state index contributed by atoms with van der Waals surface area (Å²) in [6, 6.07) is 3.01. The first kappa shape index (κ1) is 14.7. The molecule has 1 saturated carbocycles. The Morgan fingerprint density at radius 3 is 2.59 bits per heavy atom. The lowest BCUT2D eigenvalue weighted by Gasteiger charge is -2.37. The van der Waals surface area contributed by atoms with Crippen LogP contribution in [0.3, 0.4) is 0 Å². The Kier molecular flexibility index (Phi) is 3.21. The third kappa shape index (κ3) is 2.07. The topological polar surface area (TPSA) is 46.1 Å². The Balaban J connectivity index is 1.70. The second-order valence-electron chi connectivity index (χ2n) is 7.75. The van der Waals surface area contributed by atoms with Gasteiger partial charge in [-0.3, -0.25) is 9.69 Å². The smallest absolute Gasteiger partial charge is 0.239 e. The molecule has 1 saturated heterocycles. The summed E-state index contributed by atoms with van der Waals surface area (Å²) in [5.41, 5.74) is 0.841. The van der Waals surface area contributed by atoms with Crippen LogP contribution in [0.15, 0.2) is 11.4 Å². The molecule has 0 bridgehead atoms. The fourth-order valence-electron chi connectivity index (χ4n) is 4.01. The minimum atomic E-state index is -1.01. The second-order valence-corrected chi connectivity index (χ2v) is 13.8. The number of thioether (sulfide) groups is 1. The van der Waals surface area contributed by atoms with E-state index in [-0.39, 0.29) is 5.41 Å². The van der Waals surface area contributed by atoms with Crippen molar-refractivity contribution in [3.05, 3.63) is 11.8 Å². The monoisotopic (exact) mass is 333 g/mol. The van der Waals surface area contributed by atoms with Crippen LogP contribution in [0.4, 0.5) is 5.82 Å². The lowest BCUT2D eigenvalue weighted by Crippen LogP contribution is -2.46. The lowest BCUT2D eigenvalue weighted by molar-refractivity contribution is -0.120. The number of amides is 1. The van der Waals surface area contributed by atoms with E-state index >= 15 is 0 Å². The predicted octanol–water partition coefficient (Wildman–Crippen LogP) is 3.45. The molecular weight excluding hydrogens is 310 g/mol. The molecule has 0 N–H and O–H groups in total. The van der Waals surface area contributed by atoms with E-state index < -0.39 is 8.07 Å². The molecule has 0 aromatic carbocycles. The van der Waals surface area contributed by atoms with Crippen molar-refractivity contribution < 1.29 is 4.79 Å². The standard InChI is InChI=1S/C16H23N3OSSi/c1-21-15-17-10-12-13(18-15)19(14(20)16(12)6-7-16)11-4-8-22(2,3)9-5-11/h10-11H,4-9H2,1-3H3. The highest BCUT2D eigenvalue weighted by molar-refractivity contribution is 7.98. The van der Waals surface area contributed by atoms with Crippen molar-refractivity contribution in [3.8, 4) is 0 Å². The zero-order valence-electron chi connectivity index (χ0n) is 13.6. The van der Waals surface area contributed by atoms with Crippen LogP contribution >= 0.6 is 11.8 Å². The van der Waals surface area contributed by atoms with E-state index in [0.717, 1.165) is 42.2 Å². The average Bonchev–Trinajstić information content (AvgIpc) is 3.26. The van der Waals surface area contributed by atoms with E-state index in [1.807, 2.05) is 12.5 Å². The Morgan fingerprint density at radius 1 is 1.32 bits per heavy atom. The van der Waals surface area contributed by atoms with Gasteiger partial charge in [-0.25, -0.2) is 9.97 Å². The molecule has 1 spiro atoms. The molecule has 4 rings (SSSR count). The van der Waals surface area contributed by atoms with Crippen LogP contribution < -0.4 is 4.90 Å². The Labute approximate surface area is 137 Å². The zero-order valence-corrected chi connectivity index (χ0v) is 15.4. The van der Waals surface area contributed by atoms with E-state index in [4.69, 9.17) is 4.98 Å². The predicted molar refractivity (Wildman–Crippen MR) is 92.3 cm³/mol. The lowest BCUT2D eigenvalue weighted by atomic mass is 10.0. The van der Waals surface area contributed by atoms with Crippen molar-refractivity contribution in [1.82, 2.24) is 9.97 Å². The maximum absolute atomic E-state index is 13.1. The van der Waals surface area contributed by atoms with Crippen LogP contribution in [-0.2, 0) is 10.2 Å². The average molecular weight is 334 g/mol. The van der Waals surface area contributed by atoms with Gasteiger partial charge in [0.2, 0.25) is 5.91 Å². The van der Waals surface area contributed by atoms with Crippen molar-refractivity contribution >= 4 is 31.6 Å². The van der Waals surface area contributed by atoms with Gasteiger partial charge in [0, 0.05) is 25.9 Å². The number of rotatable bonds is 2. The molecule has 1 aromatic rings. The third-order valence-corrected chi connectivity index (χ3v) is 9.57. The first-order valence-corrected chi connectivity index (χ1v) is 12.9. The van der Waals surface area contributed by atoms with Gasteiger partial charge in [-0.2, -0.15) is 0 Å². The van der Waals surface area contributed by atoms with Gasteiger partial charge in [0.05, 0.1) is 5.41 Å². The number of aromatic nitrogens is 2. The molecule has 0 radical (unpaired) electrons. The van der Waals surface area contributed by atoms with Crippen LogP contribution in [-0.4, -0.2) is 36.2 Å². The highest BCUT2D eigenvalue weighted by atomic mass is 32.2. The molecule has 4 nitrogen and oxygen atoms in total. The van der Waals surface area contributed by atoms with Gasteiger partial charge in [0.25, 0.3) is 0 Å². The van der Waals surface area contributed by atoms with Crippen LogP contribution in [0.2, 0.25) is 25.2 Å². The highest BCUT2D eigenvalue weighted by Gasteiger charge is 2.61. The first-order valence-electron chi connectivity index (χ1n) is 8.22. The first-order chi connectivity index (χ1) is 10.5. The van der Waals surface area contributed by atoms with E-state index in [1.54, 1.807) is 11.8 Å². The van der Waals surface area contributed by atoms with Crippen LogP contribution in [0, 0.1) is 0 Å². The second kappa shape index (κ2) is 4.80. The van der Waals surface area contributed by atoms with Gasteiger partial charge in [0.1, 0.15) is 5.82 Å². The third-order valence-electron chi connectivity index (χ3n) is 5.72. The van der Waals surface area contributed by atoms with Crippen molar-refractivity contribution in [2.75, 3.05) is 11.2 Å². The van der Waals surface area contributed by atoms with Crippen LogP contribution in [0.5, 0.6) is 0 Å². The molecule has 0 unspecified atom stereocenters. The Bertz CT molecular complexity index is 634. The minimum Gasteiger partial charge on any atom is -0.293 e. The molecule has 2 fully saturated rings. The summed E-state index contributed by atoms with van der Waals surface area (Å²) in [6.45, 7) is 4.94. The molecule has 118 valence electrons. The molecule has 1 aliphatic carbocycles. The molecule has 2 aliphatic heterocycles. The summed E-state index contributed by atoms with van der Waals surface area (Å²) >= 11 is 1.55. The van der Waals surface area contributed by atoms with Crippen LogP contribution in [0.25, 0.3) is 0 Å². The summed E-state index contributed by atoms with van der Waals surface area (Å²) < 4.78 is 0. The van der Waals surface area contributed by atoms with Gasteiger partial charge in [-0.05, 0) is 31.9 Å². The molecule has 6 heteroatoms. The van der Waals surface area contributed by atoms with E-state index in [0.29, 0.717) is 11.9 Å². The number of hydrogen-bond acceptors (Lipinski definition) is 4. The maximum atomic E-state index is 13.1. The summed E-state index contributed by atoms with van der Waals surface area (Å²) in [6.07, 6.45) is 8.16. The van der Waals surface area contributed by atoms with E-state index in [1.165, 1.54) is 12.1 Å². The fourth-order valence-corrected chi connectivity index (χ4v) is 6.82. The van der Waals surface area contributed by atoms with Gasteiger partial charge < -0.3 is 0 Å². The molecule has 1 amide bonds. The number of fused-ring (bicyclic) bond motifs is 2. The summed E-state index contributed by atoms with van der Waals surface area (Å²) in [4.78, 5) is 24.3. The Morgan fingerprint density at radius 2 is 2.00 bits per heavy atom. The molecule has 1 aromatic heterocycles. The normalized spacial score (nSPS) is 25.6. The quantitative estimate of drug-likeness (QED) is 0.472. The molecule has 22 heavy (non-hydrogen) atoms. The van der Waals surface area contributed by atoms with Crippen molar-refractivity contribution in [1.29, 1.82) is 0 Å². The van der Waals surface area contributed by atoms with E-state index in [9.17, 15) is 4.79 Å².